The van der Waals surface area contributed by atoms with Gasteiger partial charge in [-0.1, -0.05) is 36.8 Å². The lowest BCUT2D eigenvalue weighted by Crippen LogP contribution is -2.49. The van der Waals surface area contributed by atoms with Crippen LogP contribution in [0, 0.1) is 0 Å². The molecule has 0 aromatic heterocycles. The highest BCUT2D eigenvalue weighted by Crippen LogP contribution is 2.36. The Labute approximate surface area is 206 Å². The number of likely N-dealkylation sites (tertiary alicyclic amines) is 1. The molecule has 1 amide bonds. The van der Waals surface area contributed by atoms with E-state index >= 15 is 0 Å². The quantitative estimate of drug-likeness (QED) is 0.536. The van der Waals surface area contributed by atoms with Crippen molar-refractivity contribution in [2.45, 2.75) is 44.7 Å². The third kappa shape index (κ3) is 5.48. The number of carbonyl (C=O) groups excluding carboxylic acids is 2. The summed E-state index contributed by atoms with van der Waals surface area (Å²) in [6, 6.07) is 14.9. The molecule has 2 aromatic carbocycles. The Hall–Kier alpha value is -3.39. The van der Waals surface area contributed by atoms with Crippen LogP contribution in [0.5, 0.6) is 11.5 Å². The highest BCUT2D eigenvalue weighted by Gasteiger charge is 2.37. The van der Waals surface area contributed by atoms with Gasteiger partial charge >= 0.3 is 5.97 Å². The van der Waals surface area contributed by atoms with Crippen LogP contribution in [-0.2, 0) is 14.3 Å². The Bertz CT molecular complexity index is 1070. The van der Waals surface area contributed by atoms with E-state index in [2.05, 4.69) is 0 Å². The molecule has 2 aliphatic heterocycles. The second-order valence-corrected chi connectivity index (χ2v) is 8.72. The van der Waals surface area contributed by atoms with Gasteiger partial charge in [-0.25, -0.2) is 5.01 Å². The molecule has 1 saturated heterocycles. The van der Waals surface area contributed by atoms with Crippen molar-refractivity contribution in [1.29, 1.82) is 0 Å². The molecule has 0 N–H and O–H groups in total. The van der Waals surface area contributed by atoms with Gasteiger partial charge in [0.05, 0.1) is 39.1 Å². The van der Waals surface area contributed by atoms with Crippen molar-refractivity contribution in [3.05, 3.63) is 59.7 Å². The molecule has 0 radical (unpaired) electrons. The Balaban J connectivity index is 1.62. The molecule has 1 fully saturated rings. The molecule has 0 unspecified atom stereocenters. The van der Waals surface area contributed by atoms with Crippen molar-refractivity contribution in [1.82, 2.24) is 9.91 Å². The van der Waals surface area contributed by atoms with Crippen molar-refractivity contribution in [3.8, 4) is 11.5 Å². The number of amides is 1. The van der Waals surface area contributed by atoms with Crippen LogP contribution in [0.3, 0.4) is 0 Å². The van der Waals surface area contributed by atoms with E-state index < -0.39 is 6.04 Å². The van der Waals surface area contributed by atoms with Crippen LogP contribution in [0.25, 0.3) is 0 Å². The second kappa shape index (κ2) is 11.4. The van der Waals surface area contributed by atoms with Crippen LogP contribution in [0.1, 0.15) is 49.8 Å². The Morgan fingerprint density at radius 3 is 2.57 bits per heavy atom. The number of hydrogen-bond donors (Lipinski definition) is 0. The molecule has 2 aliphatic rings. The number of nitrogens with zero attached hydrogens (tertiary/aromatic N) is 3. The molecular formula is C27H33N3O5. The lowest BCUT2D eigenvalue weighted by atomic mass is 9.97. The van der Waals surface area contributed by atoms with Gasteiger partial charge in [-0.15, -0.1) is 0 Å². The minimum absolute atomic E-state index is 0.114. The number of ether oxygens (including phenoxy) is 3. The lowest BCUT2D eigenvalue weighted by molar-refractivity contribution is -0.152. The molecule has 8 nitrogen and oxygen atoms in total. The van der Waals surface area contributed by atoms with Gasteiger partial charge in [-0.3, -0.25) is 14.5 Å². The van der Waals surface area contributed by atoms with Crippen LogP contribution in [0.15, 0.2) is 53.6 Å². The molecule has 8 heteroatoms. The summed E-state index contributed by atoms with van der Waals surface area (Å²) < 4.78 is 16.2. The highest BCUT2D eigenvalue weighted by atomic mass is 16.5. The molecule has 2 heterocycles. The predicted molar refractivity (Wildman–Crippen MR) is 133 cm³/mol. The fourth-order valence-electron chi connectivity index (χ4n) is 4.81. The molecular weight excluding hydrogens is 446 g/mol. The monoisotopic (exact) mass is 479 g/mol. The summed E-state index contributed by atoms with van der Waals surface area (Å²) in [7, 11) is 3.22. The van der Waals surface area contributed by atoms with E-state index in [-0.39, 0.29) is 24.5 Å². The number of methoxy groups -OCH3 is 2. The molecule has 0 bridgehead atoms. The summed E-state index contributed by atoms with van der Waals surface area (Å²) in [6.45, 7) is 2.93. The lowest BCUT2D eigenvalue weighted by Gasteiger charge is -2.34. The summed E-state index contributed by atoms with van der Waals surface area (Å²) in [6.07, 6.45) is 3.15. The number of esters is 1. The van der Waals surface area contributed by atoms with E-state index in [1.54, 1.807) is 26.2 Å². The Morgan fingerprint density at radius 2 is 1.86 bits per heavy atom. The van der Waals surface area contributed by atoms with E-state index in [0.717, 1.165) is 29.7 Å². The number of rotatable bonds is 8. The van der Waals surface area contributed by atoms with Crippen molar-refractivity contribution in [2.24, 2.45) is 5.10 Å². The molecule has 2 aromatic rings. The topological polar surface area (TPSA) is 80.7 Å². The van der Waals surface area contributed by atoms with E-state index in [1.165, 1.54) is 0 Å². The largest absolute Gasteiger partial charge is 0.497 e. The first-order valence-corrected chi connectivity index (χ1v) is 12.1. The number of benzene rings is 2. The Morgan fingerprint density at radius 1 is 1.06 bits per heavy atom. The van der Waals surface area contributed by atoms with Crippen molar-refractivity contribution < 1.29 is 23.8 Å². The van der Waals surface area contributed by atoms with Crippen LogP contribution in [0.4, 0.5) is 0 Å². The maximum atomic E-state index is 13.6. The van der Waals surface area contributed by atoms with Gasteiger partial charge in [0.2, 0.25) is 0 Å². The first-order chi connectivity index (χ1) is 17.0. The van der Waals surface area contributed by atoms with Crippen LogP contribution < -0.4 is 9.47 Å². The average Bonchev–Trinajstić information content (AvgIpc) is 3.35. The number of hydrogen-bond acceptors (Lipinski definition) is 7. The maximum absolute atomic E-state index is 13.6. The fourth-order valence-corrected chi connectivity index (χ4v) is 4.81. The molecule has 0 spiro atoms. The summed E-state index contributed by atoms with van der Waals surface area (Å²) >= 11 is 0. The molecule has 0 aliphatic carbocycles. The summed E-state index contributed by atoms with van der Waals surface area (Å²) in [5.41, 5.74) is 2.60. The zero-order valence-corrected chi connectivity index (χ0v) is 20.6. The van der Waals surface area contributed by atoms with Gasteiger partial charge in [-0.2, -0.15) is 5.10 Å². The molecule has 4 rings (SSSR count). The zero-order valence-electron chi connectivity index (χ0n) is 20.6. The van der Waals surface area contributed by atoms with E-state index in [4.69, 9.17) is 19.3 Å². The number of piperidine rings is 1. The van der Waals surface area contributed by atoms with Crippen molar-refractivity contribution in [3.63, 3.8) is 0 Å². The van der Waals surface area contributed by atoms with Crippen LogP contribution in [-0.4, -0.2) is 67.5 Å². The number of carbonyl (C=O) groups is 2. The standard InChI is InChI=1S/C27H33N3O5/c1-4-35-27(32)23-12-8-9-15-29(23)18-26(31)30-24(19-10-6-5-7-11-19)17-22(28-30)21-14-13-20(33-2)16-25(21)34-3/h5-7,10-11,13-14,16,23-24H,4,8-9,12,15,17-18H2,1-3H3/t23-,24+/m0/s1. The molecule has 35 heavy (non-hydrogen) atoms. The summed E-state index contributed by atoms with van der Waals surface area (Å²) in [5, 5.41) is 6.36. The van der Waals surface area contributed by atoms with Gasteiger partial charge in [0.25, 0.3) is 5.91 Å². The average molecular weight is 480 g/mol. The van der Waals surface area contributed by atoms with E-state index in [0.29, 0.717) is 37.5 Å². The summed E-state index contributed by atoms with van der Waals surface area (Å²) in [4.78, 5) is 28.1. The normalized spacial score (nSPS) is 20.3. The van der Waals surface area contributed by atoms with Gasteiger partial charge < -0.3 is 14.2 Å². The number of hydrazone groups is 1. The van der Waals surface area contributed by atoms with Gasteiger partial charge in [0.15, 0.2) is 0 Å². The minimum atomic E-state index is -0.393. The zero-order chi connectivity index (χ0) is 24.8. The van der Waals surface area contributed by atoms with Crippen LogP contribution >= 0.6 is 0 Å². The van der Waals surface area contributed by atoms with Gasteiger partial charge in [-0.05, 0) is 44.0 Å². The highest BCUT2D eigenvalue weighted by molar-refractivity contribution is 6.05. The van der Waals surface area contributed by atoms with Crippen molar-refractivity contribution >= 4 is 17.6 Å². The predicted octanol–water partition coefficient (Wildman–Crippen LogP) is 3.80. The molecule has 2 atom stereocenters. The SMILES string of the molecule is CCOC(=O)[C@@H]1CCCCN1CC(=O)N1N=C(c2ccc(OC)cc2OC)C[C@@H]1c1ccccc1. The smallest absolute Gasteiger partial charge is 0.323 e. The third-order valence-electron chi connectivity index (χ3n) is 6.58. The first-order valence-electron chi connectivity index (χ1n) is 12.1. The second-order valence-electron chi connectivity index (χ2n) is 8.72. The van der Waals surface area contributed by atoms with E-state index in [1.807, 2.05) is 53.4 Å². The van der Waals surface area contributed by atoms with Gasteiger partial charge in [0.1, 0.15) is 17.5 Å². The molecule has 186 valence electrons. The fraction of sp³-hybridized carbons (Fsp3) is 0.444. The maximum Gasteiger partial charge on any atom is 0.323 e. The third-order valence-corrected chi connectivity index (χ3v) is 6.58. The van der Waals surface area contributed by atoms with E-state index in [9.17, 15) is 9.59 Å². The van der Waals surface area contributed by atoms with Crippen molar-refractivity contribution in [2.75, 3.05) is 33.9 Å². The Kier molecular flexibility index (Phi) is 8.02. The molecule has 0 saturated carbocycles. The van der Waals surface area contributed by atoms with Crippen LogP contribution in [0.2, 0.25) is 0 Å². The first kappa shape index (κ1) is 24.7. The summed E-state index contributed by atoms with van der Waals surface area (Å²) in [5.74, 6) is 0.931. The minimum Gasteiger partial charge on any atom is -0.497 e. The van der Waals surface area contributed by atoms with Gasteiger partial charge in [0, 0.05) is 18.1 Å².